The van der Waals surface area contributed by atoms with Gasteiger partial charge in [0.25, 0.3) is 10.0 Å². The van der Waals surface area contributed by atoms with E-state index in [0.717, 1.165) is 6.08 Å². The molecule has 0 aliphatic rings. The molecule has 28 heavy (non-hydrogen) atoms. The van der Waals surface area contributed by atoms with Crippen molar-refractivity contribution in [2.24, 2.45) is 0 Å². The van der Waals surface area contributed by atoms with Crippen LogP contribution in [0.1, 0.15) is 22.8 Å². The van der Waals surface area contributed by atoms with Gasteiger partial charge in [-0.25, -0.2) is 13.2 Å². The summed E-state index contributed by atoms with van der Waals surface area (Å²) in [5.41, 5.74) is 0.834. The van der Waals surface area contributed by atoms with Crippen LogP contribution in [0.2, 0.25) is 0 Å². The Morgan fingerprint density at radius 3 is 2.39 bits per heavy atom. The van der Waals surface area contributed by atoms with Gasteiger partial charge in [0.05, 0.1) is 14.2 Å². The number of carbonyl (C=O) groups is 2. The lowest BCUT2D eigenvalue weighted by Crippen LogP contribution is -2.15. The fourth-order valence-electron chi connectivity index (χ4n) is 2.42. The number of hydrogen-bond acceptors (Lipinski definition) is 6. The van der Waals surface area contributed by atoms with Gasteiger partial charge in [-0.05, 0) is 42.8 Å². The Bertz CT molecular complexity index is 1040. The second-order valence-corrected chi connectivity index (χ2v) is 7.32. The maximum absolute atomic E-state index is 12.9. The lowest BCUT2D eigenvalue weighted by molar-refractivity contribution is -0.131. The van der Waals surface area contributed by atoms with Gasteiger partial charge >= 0.3 is 5.97 Å². The number of carboxylic acid groups (broad SMARTS) is 1. The minimum absolute atomic E-state index is 0.0369. The van der Waals surface area contributed by atoms with Gasteiger partial charge in [-0.15, -0.1) is 0 Å². The molecule has 0 radical (unpaired) electrons. The minimum atomic E-state index is -4.14. The Balaban J connectivity index is 2.56. The number of rotatable bonds is 8. The number of ketones is 1. The Hall–Kier alpha value is -3.33. The zero-order valence-corrected chi connectivity index (χ0v) is 16.2. The molecule has 0 amide bonds. The minimum Gasteiger partial charge on any atom is -0.493 e. The number of carbonyl (C=O) groups excluding carboxylic acids is 1. The van der Waals surface area contributed by atoms with Crippen molar-refractivity contribution in [2.45, 2.75) is 11.8 Å². The van der Waals surface area contributed by atoms with Crippen molar-refractivity contribution in [3.8, 4) is 11.5 Å². The summed E-state index contributed by atoms with van der Waals surface area (Å²) < 4.78 is 38.7. The van der Waals surface area contributed by atoms with Crippen LogP contribution in [0.4, 0.5) is 5.69 Å². The maximum atomic E-state index is 12.9. The maximum Gasteiger partial charge on any atom is 0.328 e. The molecule has 8 nitrogen and oxygen atoms in total. The van der Waals surface area contributed by atoms with Crippen molar-refractivity contribution in [3.63, 3.8) is 0 Å². The molecule has 0 fully saturated rings. The summed E-state index contributed by atoms with van der Waals surface area (Å²) in [5, 5.41) is 8.80. The molecular weight excluding hydrogens is 386 g/mol. The topological polar surface area (TPSA) is 119 Å². The SMILES string of the molecule is COc1cc(/C=C/C(=O)O)cc(S(=O)(=O)Nc2cccc(C(C)=O)c2)c1OC. The average molecular weight is 405 g/mol. The first kappa shape index (κ1) is 21.0. The van der Waals surface area contributed by atoms with Gasteiger partial charge in [0.1, 0.15) is 4.90 Å². The number of benzene rings is 2. The number of aliphatic carboxylic acids is 1. The highest BCUT2D eigenvalue weighted by atomic mass is 32.2. The highest BCUT2D eigenvalue weighted by molar-refractivity contribution is 7.92. The lowest BCUT2D eigenvalue weighted by Gasteiger charge is -2.15. The molecule has 0 saturated carbocycles. The second-order valence-electron chi connectivity index (χ2n) is 5.67. The molecule has 0 bridgehead atoms. The molecule has 2 aromatic rings. The van der Waals surface area contributed by atoms with Crippen molar-refractivity contribution in [3.05, 3.63) is 53.6 Å². The monoisotopic (exact) mass is 405 g/mol. The zero-order valence-electron chi connectivity index (χ0n) is 15.4. The van der Waals surface area contributed by atoms with E-state index in [2.05, 4.69) is 4.72 Å². The summed E-state index contributed by atoms with van der Waals surface area (Å²) in [6.45, 7) is 1.37. The number of nitrogens with one attached hydrogen (secondary N) is 1. The van der Waals surface area contributed by atoms with Gasteiger partial charge in [-0.1, -0.05) is 12.1 Å². The fraction of sp³-hybridized carbons (Fsp3) is 0.158. The Morgan fingerprint density at radius 1 is 1.11 bits per heavy atom. The van der Waals surface area contributed by atoms with E-state index in [1.807, 2.05) is 0 Å². The van der Waals surface area contributed by atoms with Crippen molar-refractivity contribution >= 4 is 33.5 Å². The molecule has 0 heterocycles. The van der Waals surface area contributed by atoms with Crippen LogP contribution in [0, 0.1) is 0 Å². The molecular formula is C19H19NO7S. The van der Waals surface area contributed by atoms with Crippen LogP contribution in [0.15, 0.2) is 47.4 Å². The summed E-state index contributed by atoms with van der Waals surface area (Å²) in [4.78, 5) is 22.0. The van der Waals surface area contributed by atoms with Gasteiger partial charge in [0.15, 0.2) is 17.3 Å². The standard InChI is InChI=1S/C19H19NO7S/c1-12(21)14-5-4-6-15(11-14)20-28(24,25)17-10-13(7-8-18(22)23)9-16(26-2)19(17)27-3/h4-11,20H,1-3H3,(H,22,23)/b8-7+. The third-order valence-corrected chi connectivity index (χ3v) is 5.08. The molecule has 9 heteroatoms. The Labute approximate surface area is 162 Å². The van der Waals surface area contributed by atoms with E-state index < -0.39 is 16.0 Å². The van der Waals surface area contributed by atoms with Gasteiger partial charge in [0.2, 0.25) is 0 Å². The van der Waals surface area contributed by atoms with Crippen LogP contribution < -0.4 is 14.2 Å². The molecule has 0 aromatic heterocycles. The fourth-order valence-corrected chi connectivity index (χ4v) is 3.69. The molecule has 0 aliphatic carbocycles. The lowest BCUT2D eigenvalue weighted by atomic mass is 10.1. The zero-order chi connectivity index (χ0) is 20.9. The highest BCUT2D eigenvalue weighted by Gasteiger charge is 2.24. The van der Waals surface area contributed by atoms with Gasteiger partial charge < -0.3 is 14.6 Å². The molecule has 148 valence electrons. The van der Waals surface area contributed by atoms with Crippen LogP contribution in [0.3, 0.4) is 0 Å². The normalized spacial score (nSPS) is 11.2. The van der Waals surface area contributed by atoms with E-state index in [4.69, 9.17) is 14.6 Å². The molecule has 0 saturated heterocycles. The Kier molecular flexibility index (Phi) is 6.42. The van der Waals surface area contributed by atoms with Gasteiger partial charge in [0, 0.05) is 17.3 Å². The van der Waals surface area contributed by atoms with E-state index in [0.29, 0.717) is 5.56 Å². The molecule has 0 spiro atoms. The van der Waals surface area contributed by atoms with Crippen LogP contribution in [0.5, 0.6) is 11.5 Å². The second kappa shape index (κ2) is 8.57. The predicted molar refractivity (Wildman–Crippen MR) is 103 cm³/mol. The summed E-state index contributed by atoms with van der Waals surface area (Å²) in [6, 6.07) is 8.75. The summed E-state index contributed by atoms with van der Waals surface area (Å²) in [7, 11) is -1.51. The number of Topliss-reactive ketones (excluding diaryl/α,β-unsaturated/α-hetero) is 1. The van der Waals surface area contributed by atoms with Crippen LogP contribution >= 0.6 is 0 Å². The number of anilines is 1. The summed E-state index contributed by atoms with van der Waals surface area (Å²) in [5.74, 6) is -1.31. The highest BCUT2D eigenvalue weighted by Crippen LogP contribution is 2.37. The van der Waals surface area contributed by atoms with Crippen LogP contribution in [0.25, 0.3) is 6.08 Å². The number of sulfonamides is 1. The summed E-state index contributed by atoms with van der Waals surface area (Å²) >= 11 is 0. The number of ether oxygens (including phenoxy) is 2. The van der Waals surface area contributed by atoms with E-state index >= 15 is 0 Å². The Morgan fingerprint density at radius 2 is 1.82 bits per heavy atom. The van der Waals surface area contributed by atoms with Gasteiger partial charge in [-0.3, -0.25) is 9.52 Å². The largest absolute Gasteiger partial charge is 0.493 e. The molecule has 0 atom stereocenters. The number of hydrogen-bond donors (Lipinski definition) is 2. The average Bonchev–Trinajstić information content (AvgIpc) is 2.65. The van der Waals surface area contributed by atoms with Gasteiger partial charge in [-0.2, -0.15) is 0 Å². The predicted octanol–water partition coefficient (Wildman–Crippen LogP) is 2.81. The summed E-state index contributed by atoms with van der Waals surface area (Å²) in [6.07, 6.45) is 2.11. The third-order valence-electron chi connectivity index (χ3n) is 3.70. The number of methoxy groups -OCH3 is 2. The molecule has 2 rings (SSSR count). The van der Waals surface area contributed by atoms with Crippen LogP contribution in [-0.4, -0.2) is 39.5 Å². The first-order valence-electron chi connectivity index (χ1n) is 7.98. The van der Waals surface area contributed by atoms with Crippen molar-refractivity contribution in [1.29, 1.82) is 0 Å². The number of carboxylic acids is 1. The van der Waals surface area contributed by atoms with Crippen LogP contribution in [-0.2, 0) is 14.8 Å². The van der Waals surface area contributed by atoms with E-state index in [1.54, 1.807) is 12.1 Å². The molecule has 0 aliphatic heterocycles. The smallest absolute Gasteiger partial charge is 0.328 e. The third kappa shape index (κ3) is 4.89. The van der Waals surface area contributed by atoms with Crippen molar-refractivity contribution in [2.75, 3.05) is 18.9 Å². The van der Waals surface area contributed by atoms with Crippen molar-refractivity contribution in [1.82, 2.24) is 0 Å². The first-order chi connectivity index (χ1) is 13.2. The molecule has 2 aromatic carbocycles. The molecule has 2 N–H and O–H groups in total. The first-order valence-corrected chi connectivity index (χ1v) is 9.47. The van der Waals surface area contributed by atoms with E-state index in [-0.39, 0.29) is 33.4 Å². The van der Waals surface area contributed by atoms with Crippen molar-refractivity contribution < 1.29 is 32.6 Å². The molecule has 0 unspecified atom stereocenters. The quantitative estimate of drug-likeness (QED) is 0.512. The van der Waals surface area contributed by atoms with E-state index in [1.165, 1.54) is 51.5 Å². The van der Waals surface area contributed by atoms with E-state index in [9.17, 15) is 18.0 Å².